The molecule has 3 heterocycles. The predicted molar refractivity (Wildman–Crippen MR) is 132 cm³/mol. The Morgan fingerprint density at radius 1 is 0.643 bits per heavy atom. The molecule has 0 aliphatic carbocycles. The maximum atomic E-state index is 2.43. The van der Waals surface area contributed by atoms with Gasteiger partial charge in [0.2, 0.25) is 0 Å². The molecule has 0 aromatic carbocycles. The normalized spacial score (nSPS) is 11.5. The molecule has 0 atom stereocenters. The summed E-state index contributed by atoms with van der Waals surface area (Å²) in [6, 6.07) is 4.80. The van der Waals surface area contributed by atoms with Gasteiger partial charge in [-0.2, -0.15) is 0 Å². The van der Waals surface area contributed by atoms with Gasteiger partial charge in [0.15, 0.2) is 0 Å². The number of rotatable bonds is 9. The molecule has 0 radical (unpaired) electrons. The van der Waals surface area contributed by atoms with Crippen molar-refractivity contribution in [1.82, 2.24) is 0 Å². The van der Waals surface area contributed by atoms with E-state index >= 15 is 0 Å². The lowest BCUT2D eigenvalue weighted by molar-refractivity contribution is 0.609. The fraction of sp³-hybridized carbons (Fsp3) is 0.520. The van der Waals surface area contributed by atoms with Crippen molar-refractivity contribution < 1.29 is 0 Å². The minimum atomic E-state index is 1.25. The Labute approximate surface area is 183 Å². The molecule has 3 aromatic rings. The molecule has 0 spiro atoms. The largest absolute Gasteiger partial charge is 0.139 e. The molecule has 0 bridgehead atoms. The fourth-order valence-electron chi connectivity index (χ4n) is 3.70. The number of aryl methyl sites for hydroxylation is 4. The van der Waals surface area contributed by atoms with Crippen molar-refractivity contribution in [3.8, 4) is 19.5 Å². The fourth-order valence-corrected chi connectivity index (χ4v) is 7.58. The zero-order valence-corrected chi connectivity index (χ0v) is 20.8. The Balaban J connectivity index is 1.76. The van der Waals surface area contributed by atoms with Crippen LogP contribution in [-0.4, -0.2) is 0 Å². The summed E-state index contributed by atoms with van der Waals surface area (Å²) in [6.07, 6.45) is 9.50. The molecule has 0 N–H and O–H groups in total. The third-order valence-electron chi connectivity index (χ3n) is 5.84. The molecule has 0 aliphatic rings. The summed E-state index contributed by atoms with van der Waals surface area (Å²) >= 11 is 5.97. The molecule has 0 fully saturated rings. The van der Waals surface area contributed by atoms with Gasteiger partial charge in [0, 0.05) is 29.3 Å². The van der Waals surface area contributed by atoms with Crippen LogP contribution < -0.4 is 0 Å². The maximum Gasteiger partial charge on any atom is 0.0481 e. The van der Waals surface area contributed by atoms with E-state index < -0.39 is 0 Å². The number of hydrogen-bond donors (Lipinski definition) is 0. The Bertz CT molecular complexity index is 901. The van der Waals surface area contributed by atoms with E-state index in [0.29, 0.717) is 0 Å². The highest BCUT2D eigenvalue weighted by Crippen LogP contribution is 2.46. The zero-order valence-electron chi connectivity index (χ0n) is 18.3. The third kappa shape index (κ3) is 4.80. The van der Waals surface area contributed by atoms with Crippen molar-refractivity contribution in [2.24, 2.45) is 0 Å². The lowest BCUT2D eigenvalue weighted by Gasteiger charge is -2.01. The molecule has 28 heavy (non-hydrogen) atoms. The van der Waals surface area contributed by atoms with Crippen LogP contribution >= 0.6 is 34.0 Å². The molecule has 152 valence electrons. The van der Waals surface area contributed by atoms with Crippen molar-refractivity contribution >= 4 is 34.0 Å². The number of thiophene rings is 3. The van der Waals surface area contributed by atoms with Gasteiger partial charge < -0.3 is 0 Å². The molecule has 0 saturated carbocycles. The quantitative estimate of drug-likeness (QED) is 0.296. The van der Waals surface area contributed by atoms with Crippen LogP contribution in [0, 0.1) is 34.6 Å². The van der Waals surface area contributed by atoms with Crippen LogP contribution in [0.25, 0.3) is 19.5 Å². The average molecular weight is 431 g/mol. The van der Waals surface area contributed by atoms with Crippen LogP contribution in [0.1, 0.15) is 77.5 Å². The van der Waals surface area contributed by atoms with E-state index in [2.05, 4.69) is 53.7 Å². The molecule has 0 amide bonds. The first-order chi connectivity index (χ1) is 13.4. The summed E-state index contributed by atoms with van der Waals surface area (Å²) in [5.41, 5.74) is 5.84. The smallest absolute Gasteiger partial charge is 0.0481 e. The van der Waals surface area contributed by atoms with E-state index in [1.807, 2.05) is 34.0 Å². The molecular formula is C25H34S3. The summed E-state index contributed by atoms with van der Waals surface area (Å²) < 4.78 is 0. The van der Waals surface area contributed by atoms with Crippen LogP contribution in [-0.2, 0) is 6.42 Å². The van der Waals surface area contributed by atoms with Crippen molar-refractivity contribution in [2.75, 3.05) is 0 Å². The van der Waals surface area contributed by atoms with Crippen LogP contribution in [0.15, 0.2) is 12.1 Å². The highest BCUT2D eigenvalue weighted by atomic mass is 32.1. The van der Waals surface area contributed by atoms with Gasteiger partial charge in [-0.05, 0) is 81.8 Å². The van der Waals surface area contributed by atoms with E-state index in [-0.39, 0.29) is 0 Å². The van der Waals surface area contributed by atoms with E-state index in [1.54, 1.807) is 4.88 Å². The molecule has 3 rings (SSSR count). The lowest BCUT2D eigenvalue weighted by Crippen LogP contribution is -1.84. The highest BCUT2D eigenvalue weighted by Gasteiger charge is 2.18. The number of hydrogen-bond acceptors (Lipinski definition) is 3. The summed E-state index contributed by atoms with van der Waals surface area (Å²) in [5, 5.41) is 0. The number of unbranched alkanes of at least 4 members (excludes halogenated alkanes) is 5. The minimum Gasteiger partial charge on any atom is -0.139 e. The van der Waals surface area contributed by atoms with E-state index in [9.17, 15) is 0 Å². The Morgan fingerprint density at radius 2 is 1.21 bits per heavy atom. The first-order valence-corrected chi connectivity index (χ1v) is 13.1. The topological polar surface area (TPSA) is 0 Å². The summed E-state index contributed by atoms with van der Waals surface area (Å²) in [5.74, 6) is 0. The molecule has 3 heteroatoms. The van der Waals surface area contributed by atoms with Gasteiger partial charge in [0.1, 0.15) is 0 Å². The average Bonchev–Trinajstić information content (AvgIpc) is 3.29. The van der Waals surface area contributed by atoms with Gasteiger partial charge in [-0.15, -0.1) is 34.0 Å². The van der Waals surface area contributed by atoms with Crippen LogP contribution in [0.5, 0.6) is 0 Å². The minimum absolute atomic E-state index is 1.25. The van der Waals surface area contributed by atoms with Crippen LogP contribution in [0.3, 0.4) is 0 Å². The van der Waals surface area contributed by atoms with Gasteiger partial charge in [0.25, 0.3) is 0 Å². The molecule has 0 saturated heterocycles. The SMILES string of the molecule is CCCCCCCCc1sc(-c2sc(-c3cc(C)c(C)s3)c(C)c2C)cc1C. The molecule has 0 unspecified atom stereocenters. The Kier molecular flexibility index (Phi) is 7.58. The van der Waals surface area contributed by atoms with E-state index in [1.165, 1.54) is 91.6 Å². The second kappa shape index (κ2) is 9.73. The zero-order chi connectivity index (χ0) is 20.3. The van der Waals surface area contributed by atoms with Gasteiger partial charge in [0.05, 0.1) is 0 Å². The van der Waals surface area contributed by atoms with Crippen molar-refractivity contribution in [3.63, 3.8) is 0 Å². The summed E-state index contributed by atoms with van der Waals surface area (Å²) in [4.78, 5) is 8.90. The van der Waals surface area contributed by atoms with E-state index in [0.717, 1.165) is 0 Å². The van der Waals surface area contributed by atoms with E-state index in [4.69, 9.17) is 0 Å². The van der Waals surface area contributed by atoms with Gasteiger partial charge >= 0.3 is 0 Å². The standard InChI is InChI=1S/C25H34S3/c1-7-8-9-10-11-12-13-21-17(3)15-23(27-21)25-19(5)18(4)24(28-25)22-14-16(2)20(6)26-22/h14-15H,7-13H2,1-6H3. The highest BCUT2D eigenvalue weighted by molar-refractivity contribution is 7.26. The van der Waals surface area contributed by atoms with Crippen molar-refractivity contribution in [2.45, 2.75) is 86.5 Å². The van der Waals surface area contributed by atoms with Crippen LogP contribution in [0.4, 0.5) is 0 Å². The van der Waals surface area contributed by atoms with Crippen molar-refractivity contribution in [1.29, 1.82) is 0 Å². The van der Waals surface area contributed by atoms with Gasteiger partial charge in [-0.3, -0.25) is 0 Å². The Morgan fingerprint density at radius 3 is 1.82 bits per heavy atom. The molecular weight excluding hydrogens is 396 g/mol. The first kappa shape index (κ1) is 21.8. The molecule has 0 nitrogen and oxygen atoms in total. The Hall–Kier alpha value is -0.900. The lowest BCUT2D eigenvalue weighted by atomic mass is 10.1. The third-order valence-corrected chi connectivity index (χ3v) is 10.0. The van der Waals surface area contributed by atoms with Crippen LogP contribution in [0.2, 0.25) is 0 Å². The first-order valence-electron chi connectivity index (χ1n) is 10.7. The van der Waals surface area contributed by atoms with Gasteiger partial charge in [-0.1, -0.05) is 39.0 Å². The summed E-state index contributed by atoms with van der Waals surface area (Å²) in [6.45, 7) is 13.7. The predicted octanol–water partition coefficient (Wildman–Crippen LogP) is 9.65. The molecule has 0 aliphatic heterocycles. The van der Waals surface area contributed by atoms with Gasteiger partial charge in [-0.25, -0.2) is 0 Å². The maximum absolute atomic E-state index is 2.43. The van der Waals surface area contributed by atoms with Crippen molar-refractivity contribution in [3.05, 3.63) is 44.1 Å². The monoisotopic (exact) mass is 430 g/mol. The second-order valence-corrected chi connectivity index (χ2v) is 11.5. The summed E-state index contributed by atoms with van der Waals surface area (Å²) in [7, 11) is 0. The molecule has 3 aromatic heterocycles. The second-order valence-electron chi connectivity index (χ2n) is 8.09.